The highest BCUT2D eigenvalue weighted by Gasteiger charge is 2.19. The van der Waals surface area contributed by atoms with E-state index in [0.29, 0.717) is 0 Å². The largest absolute Gasteiger partial charge is 0.314 e. The molecule has 0 aromatic carbocycles. The van der Waals surface area contributed by atoms with E-state index in [-0.39, 0.29) is 0 Å². The fourth-order valence-electron chi connectivity index (χ4n) is 1.80. The van der Waals surface area contributed by atoms with Crippen molar-refractivity contribution in [3.63, 3.8) is 0 Å². The van der Waals surface area contributed by atoms with E-state index in [4.69, 9.17) is 0 Å². The SMILES string of the molecule is CCCN(CC)CCCCNC1CC1. The van der Waals surface area contributed by atoms with Crippen molar-refractivity contribution in [1.29, 1.82) is 0 Å². The van der Waals surface area contributed by atoms with E-state index >= 15 is 0 Å². The average Bonchev–Trinajstić information content (AvgIpc) is 2.99. The maximum absolute atomic E-state index is 3.56. The lowest BCUT2D eigenvalue weighted by Gasteiger charge is -2.19. The Morgan fingerprint density at radius 1 is 1.14 bits per heavy atom. The quantitative estimate of drug-likeness (QED) is 0.572. The van der Waals surface area contributed by atoms with Gasteiger partial charge >= 0.3 is 0 Å². The summed E-state index contributed by atoms with van der Waals surface area (Å²) in [7, 11) is 0. The van der Waals surface area contributed by atoms with Crippen LogP contribution in [0.3, 0.4) is 0 Å². The Labute approximate surface area is 89.1 Å². The summed E-state index contributed by atoms with van der Waals surface area (Å²) in [5.74, 6) is 0. The second-order valence-electron chi connectivity index (χ2n) is 4.37. The average molecular weight is 198 g/mol. The van der Waals surface area contributed by atoms with Gasteiger partial charge in [-0.2, -0.15) is 0 Å². The van der Waals surface area contributed by atoms with Crippen molar-refractivity contribution >= 4 is 0 Å². The van der Waals surface area contributed by atoms with Crippen LogP contribution < -0.4 is 5.32 Å². The Bertz CT molecular complexity index is 132. The van der Waals surface area contributed by atoms with Crippen molar-refractivity contribution < 1.29 is 0 Å². The molecule has 2 heteroatoms. The minimum Gasteiger partial charge on any atom is -0.314 e. The molecule has 14 heavy (non-hydrogen) atoms. The Kier molecular flexibility index (Phi) is 6.20. The Morgan fingerprint density at radius 3 is 2.50 bits per heavy atom. The summed E-state index contributed by atoms with van der Waals surface area (Å²) in [5.41, 5.74) is 0. The third-order valence-electron chi connectivity index (χ3n) is 2.90. The topological polar surface area (TPSA) is 15.3 Å². The van der Waals surface area contributed by atoms with Gasteiger partial charge in [0.2, 0.25) is 0 Å². The number of unbranched alkanes of at least 4 members (excludes halogenated alkanes) is 1. The molecule has 0 saturated heterocycles. The van der Waals surface area contributed by atoms with Gasteiger partial charge in [0.15, 0.2) is 0 Å². The second kappa shape index (κ2) is 7.24. The van der Waals surface area contributed by atoms with Gasteiger partial charge in [0.05, 0.1) is 0 Å². The highest BCUT2D eigenvalue weighted by Crippen LogP contribution is 2.18. The maximum atomic E-state index is 3.56. The van der Waals surface area contributed by atoms with Crippen LogP contribution in [0.5, 0.6) is 0 Å². The zero-order chi connectivity index (χ0) is 10.2. The zero-order valence-electron chi connectivity index (χ0n) is 9.89. The molecule has 0 aliphatic heterocycles. The molecule has 0 amide bonds. The lowest BCUT2D eigenvalue weighted by atomic mass is 10.2. The van der Waals surface area contributed by atoms with E-state index in [1.165, 1.54) is 58.3 Å². The number of nitrogens with one attached hydrogen (secondary N) is 1. The van der Waals surface area contributed by atoms with Crippen LogP contribution in [-0.4, -0.2) is 37.1 Å². The zero-order valence-corrected chi connectivity index (χ0v) is 9.89. The van der Waals surface area contributed by atoms with Crippen LogP contribution in [0.2, 0.25) is 0 Å². The molecule has 84 valence electrons. The van der Waals surface area contributed by atoms with E-state index in [2.05, 4.69) is 24.1 Å². The van der Waals surface area contributed by atoms with Gasteiger partial charge in [0.25, 0.3) is 0 Å². The molecule has 1 rings (SSSR count). The van der Waals surface area contributed by atoms with Crippen LogP contribution in [0.15, 0.2) is 0 Å². The molecule has 0 aromatic rings. The lowest BCUT2D eigenvalue weighted by Crippen LogP contribution is -2.26. The predicted molar refractivity (Wildman–Crippen MR) is 62.7 cm³/mol. The molecule has 0 spiro atoms. The summed E-state index contributed by atoms with van der Waals surface area (Å²) in [6.45, 7) is 9.52. The van der Waals surface area contributed by atoms with E-state index in [1.807, 2.05) is 0 Å². The van der Waals surface area contributed by atoms with Crippen molar-refractivity contribution in [2.45, 2.75) is 52.0 Å². The van der Waals surface area contributed by atoms with Crippen LogP contribution in [-0.2, 0) is 0 Å². The Hall–Kier alpha value is -0.0800. The van der Waals surface area contributed by atoms with Gasteiger partial charge in [-0.15, -0.1) is 0 Å². The van der Waals surface area contributed by atoms with Crippen molar-refractivity contribution in [2.75, 3.05) is 26.2 Å². The van der Waals surface area contributed by atoms with Crippen LogP contribution in [0, 0.1) is 0 Å². The molecule has 0 aromatic heterocycles. The molecule has 2 nitrogen and oxygen atoms in total. The maximum Gasteiger partial charge on any atom is 0.00682 e. The fraction of sp³-hybridized carbons (Fsp3) is 1.00. The summed E-state index contributed by atoms with van der Waals surface area (Å²) in [6.07, 6.45) is 6.81. The summed E-state index contributed by atoms with van der Waals surface area (Å²) < 4.78 is 0. The molecule has 0 unspecified atom stereocenters. The van der Waals surface area contributed by atoms with E-state index in [9.17, 15) is 0 Å². The molecule has 0 bridgehead atoms. The third-order valence-corrected chi connectivity index (χ3v) is 2.90. The highest BCUT2D eigenvalue weighted by atomic mass is 15.1. The van der Waals surface area contributed by atoms with Crippen molar-refractivity contribution in [2.24, 2.45) is 0 Å². The first-order valence-corrected chi connectivity index (χ1v) is 6.32. The first kappa shape index (κ1) is 12.0. The molecular weight excluding hydrogens is 172 g/mol. The van der Waals surface area contributed by atoms with Crippen molar-refractivity contribution in [1.82, 2.24) is 10.2 Å². The second-order valence-corrected chi connectivity index (χ2v) is 4.37. The van der Waals surface area contributed by atoms with Crippen LogP contribution in [0.1, 0.15) is 46.0 Å². The van der Waals surface area contributed by atoms with Crippen molar-refractivity contribution in [3.8, 4) is 0 Å². The van der Waals surface area contributed by atoms with Gasteiger partial charge in [0.1, 0.15) is 0 Å². The van der Waals surface area contributed by atoms with Crippen LogP contribution in [0.25, 0.3) is 0 Å². The monoisotopic (exact) mass is 198 g/mol. The number of hydrogen-bond acceptors (Lipinski definition) is 2. The van der Waals surface area contributed by atoms with Crippen LogP contribution >= 0.6 is 0 Å². The molecule has 1 saturated carbocycles. The standard InChI is InChI=1S/C12H26N2/c1-3-10-14(4-2)11-6-5-9-13-12-7-8-12/h12-13H,3-11H2,1-2H3. The first-order chi connectivity index (χ1) is 6.86. The minimum atomic E-state index is 0.882. The first-order valence-electron chi connectivity index (χ1n) is 6.32. The van der Waals surface area contributed by atoms with Gasteiger partial charge in [-0.05, 0) is 58.3 Å². The molecule has 1 fully saturated rings. The van der Waals surface area contributed by atoms with Gasteiger partial charge in [-0.25, -0.2) is 0 Å². The number of hydrogen-bond donors (Lipinski definition) is 1. The van der Waals surface area contributed by atoms with Gasteiger partial charge in [0, 0.05) is 6.04 Å². The fourth-order valence-corrected chi connectivity index (χ4v) is 1.80. The lowest BCUT2D eigenvalue weighted by molar-refractivity contribution is 0.282. The molecule has 1 N–H and O–H groups in total. The van der Waals surface area contributed by atoms with E-state index in [1.54, 1.807) is 0 Å². The van der Waals surface area contributed by atoms with Gasteiger partial charge < -0.3 is 10.2 Å². The summed E-state index contributed by atoms with van der Waals surface area (Å²) in [6, 6.07) is 0.882. The summed E-state index contributed by atoms with van der Waals surface area (Å²) in [5, 5.41) is 3.56. The molecule has 0 atom stereocenters. The third kappa shape index (κ3) is 5.61. The predicted octanol–water partition coefficient (Wildman–Crippen LogP) is 2.25. The Morgan fingerprint density at radius 2 is 1.93 bits per heavy atom. The molecule has 0 radical (unpaired) electrons. The molecule has 1 aliphatic rings. The smallest absolute Gasteiger partial charge is 0.00682 e. The molecular formula is C12H26N2. The summed E-state index contributed by atoms with van der Waals surface area (Å²) in [4.78, 5) is 2.55. The minimum absolute atomic E-state index is 0.882. The van der Waals surface area contributed by atoms with E-state index in [0.717, 1.165) is 6.04 Å². The number of rotatable bonds is 9. The highest BCUT2D eigenvalue weighted by molar-refractivity contribution is 4.80. The summed E-state index contributed by atoms with van der Waals surface area (Å²) >= 11 is 0. The molecule has 0 heterocycles. The van der Waals surface area contributed by atoms with E-state index < -0.39 is 0 Å². The molecule has 1 aliphatic carbocycles. The van der Waals surface area contributed by atoms with Crippen LogP contribution in [0.4, 0.5) is 0 Å². The Balaban J connectivity index is 1.84. The van der Waals surface area contributed by atoms with Gasteiger partial charge in [-0.3, -0.25) is 0 Å². The van der Waals surface area contributed by atoms with Crippen molar-refractivity contribution in [3.05, 3.63) is 0 Å². The van der Waals surface area contributed by atoms with Gasteiger partial charge in [-0.1, -0.05) is 13.8 Å². The number of nitrogens with zero attached hydrogens (tertiary/aromatic N) is 1. The normalized spacial score (nSPS) is 16.5.